The Hall–Kier alpha value is -1.44. The molecule has 5 nitrogen and oxygen atoms in total. The molecule has 0 radical (unpaired) electrons. The van der Waals surface area contributed by atoms with Gasteiger partial charge in [0, 0.05) is 23.7 Å². The normalized spacial score (nSPS) is 15.1. The summed E-state index contributed by atoms with van der Waals surface area (Å²) in [7, 11) is -3.60. The van der Waals surface area contributed by atoms with Crippen LogP contribution in [0.2, 0.25) is 0 Å². The molecule has 2 heterocycles. The highest BCUT2D eigenvalue weighted by Crippen LogP contribution is 2.29. The first-order valence-corrected chi connectivity index (χ1v) is 9.17. The Kier molecular flexibility index (Phi) is 3.97. The number of sulfonamides is 1. The largest absolute Gasteiger partial charge is 0.309 e. The minimum Gasteiger partial charge on any atom is -0.309 e. The molecule has 1 fully saturated rings. The standard InChI is InChI=1S/C14H17N3O2S2/c1-10-9-20-12(8-16-11-5-6-11)14(10)21(18,19)17-13-4-2-3-7-15-13/h2-4,7,9,11,16H,5-6,8H2,1H3,(H,15,17). The number of hydrogen-bond acceptors (Lipinski definition) is 5. The van der Waals surface area contributed by atoms with Gasteiger partial charge in [-0.05, 0) is 42.8 Å². The predicted octanol–water partition coefficient (Wildman–Crippen LogP) is 2.50. The van der Waals surface area contributed by atoms with Crippen LogP contribution in [0.15, 0.2) is 34.7 Å². The van der Waals surface area contributed by atoms with Crippen LogP contribution in [0.3, 0.4) is 0 Å². The Morgan fingerprint density at radius 3 is 2.86 bits per heavy atom. The van der Waals surface area contributed by atoms with Gasteiger partial charge in [0.15, 0.2) is 0 Å². The minimum absolute atomic E-state index is 0.337. The second-order valence-corrected chi connectivity index (χ2v) is 7.73. The van der Waals surface area contributed by atoms with E-state index in [2.05, 4.69) is 15.0 Å². The van der Waals surface area contributed by atoms with Crippen molar-refractivity contribution in [1.82, 2.24) is 10.3 Å². The van der Waals surface area contributed by atoms with Gasteiger partial charge in [-0.15, -0.1) is 11.3 Å². The van der Waals surface area contributed by atoms with Gasteiger partial charge < -0.3 is 5.32 Å². The van der Waals surface area contributed by atoms with E-state index in [-0.39, 0.29) is 0 Å². The lowest BCUT2D eigenvalue weighted by Gasteiger charge is -2.10. The van der Waals surface area contributed by atoms with E-state index in [9.17, 15) is 8.42 Å². The van der Waals surface area contributed by atoms with Gasteiger partial charge in [-0.1, -0.05) is 6.07 Å². The van der Waals surface area contributed by atoms with Crippen molar-refractivity contribution in [1.29, 1.82) is 0 Å². The van der Waals surface area contributed by atoms with Gasteiger partial charge in [0.1, 0.15) is 10.7 Å². The van der Waals surface area contributed by atoms with Crippen LogP contribution in [0, 0.1) is 6.92 Å². The van der Waals surface area contributed by atoms with Crippen molar-refractivity contribution in [2.45, 2.75) is 37.2 Å². The molecule has 2 N–H and O–H groups in total. The first-order valence-electron chi connectivity index (χ1n) is 6.80. The third kappa shape index (κ3) is 3.42. The molecule has 0 amide bonds. The highest BCUT2D eigenvalue weighted by Gasteiger charge is 2.26. The number of hydrogen-bond donors (Lipinski definition) is 2. The molecule has 112 valence electrons. The van der Waals surface area contributed by atoms with Crippen LogP contribution in [0.1, 0.15) is 23.3 Å². The van der Waals surface area contributed by atoms with Gasteiger partial charge in [-0.25, -0.2) is 13.4 Å². The summed E-state index contributed by atoms with van der Waals surface area (Å²) >= 11 is 1.48. The Bertz CT molecular complexity index is 722. The molecule has 21 heavy (non-hydrogen) atoms. The van der Waals surface area contributed by atoms with E-state index in [4.69, 9.17) is 0 Å². The molecule has 1 aliphatic rings. The van der Waals surface area contributed by atoms with Crippen molar-refractivity contribution >= 4 is 27.2 Å². The molecular weight excluding hydrogens is 306 g/mol. The number of rotatable bonds is 6. The van der Waals surface area contributed by atoms with Gasteiger partial charge in [0.25, 0.3) is 10.0 Å². The molecule has 0 aliphatic heterocycles. The van der Waals surface area contributed by atoms with E-state index < -0.39 is 10.0 Å². The lowest BCUT2D eigenvalue weighted by atomic mass is 10.3. The molecule has 0 aromatic carbocycles. The van der Waals surface area contributed by atoms with Gasteiger partial charge in [0.2, 0.25) is 0 Å². The summed E-state index contributed by atoms with van der Waals surface area (Å²) in [6.07, 6.45) is 3.92. The van der Waals surface area contributed by atoms with E-state index in [1.54, 1.807) is 24.4 Å². The monoisotopic (exact) mass is 323 g/mol. The summed E-state index contributed by atoms with van der Waals surface area (Å²) in [5.41, 5.74) is 0.774. The first-order chi connectivity index (χ1) is 10.1. The van der Waals surface area contributed by atoms with Crippen molar-refractivity contribution in [3.63, 3.8) is 0 Å². The van der Waals surface area contributed by atoms with Gasteiger partial charge in [-0.2, -0.15) is 0 Å². The second-order valence-electron chi connectivity index (χ2n) is 5.15. The molecule has 0 atom stereocenters. The van der Waals surface area contributed by atoms with Crippen LogP contribution in [0.4, 0.5) is 5.82 Å². The summed E-state index contributed by atoms with van der Waals surface area (Å²) in [5, 5.41) is 5.25. The van der Waals surface area contributed by atoms with E-state index in [0.717, 1.165) is 10.4 Å². The molecule has 1 saturated carbocycles. The van der Waals surface area contributed by atoms with Crippen LogP contribution >= 0.6 is 11.3 Å². The summed E-state index contributed by atoms with van der Waals surface area (Å²) in [6.45, 7) is 2.42. The fraction of sp³-hybridized carbons (Fsp3) is 0.357. The number of aromatic nitrogens is 1. The van der Waals surface area contributed by atoms with Gasteiger partial charge >= 0.3 is 0 Å². The Balaban J connectivity index is 1.85. The molecule has 1 aliphatic carbocycles. The van der Waals surface area contributed by atoms with Crippen LogP contribution in [-0.4, -0.2) is 19.4 Å². The summed E-state index contributed by atoms with van der Waals surface area (Å²) in [6, 6.07) is 5.69. The molecule has 0 saturated heterocycles. The minimum atomic E-state index is -3.60. The maximum atomic E-state index is 12.6. The second kappa shape index (κ2) is 5.75. The number of aryl methyl sites for hydroxylation is 1. The van der Waals surface area contributed by atoms with Gasteiger partial charge in [0.05, 0.1) is 0 Å². The van der Waals surface area contributed by atoms with Crippen molar-refractivity contribution in [2.75, 3.05) is 4.72 Å². The molecule has 2 aromatic rings. The molecule has 0 bridgehead atoms. The van der Waals surface area contributed by atoms with Crippen molar-refractivity contribution in [3.05, 3.63) is 40.2 Å². The van der Waals surface area contributed by atoms with Crippen LogP contribution in [0.5, 0.6) is 0 Å². The summed E-state index contributed by atoms with van der Waals surface area (Å²) in [4.78, 5) is 5.25. The molecule has 2 aromatic heterocycles. The highest BCUT2D eigenvalue weighted by molar-refractivity contribution is 7.93. The predicted molar refractivity (Wildman–Crippen MR) is 84.0 cm³/mol. The number of nitrogens with zero attached hydrogens (tertiary/aromatic N) is 1. The third-order valence-corrected chi connectivity index (χ3v) is 6.11. The van der Waals surface area contributed by atoms with Crippen LogP contribution in [0.25, 0.3) is 0 Å². The van der Waals surface area contributed by atoms with E-state index in [0.29, 0.717) is 23.3 Å². The fourth-order valence-corrected chi connectivity index (χ4v) is 4.88. The van der Waals surface area contributed by atoms with Crippen LogP contribution < -0.4 is 10.0 Å². The topological polar surface area (TPSA) is 71.1 Å². The number of thiophene rings is 1. The van der Waals surface area contributed by atoms with Crippen molar-refractivity contribution in [3.8, 4) is 0 Å². The first kappa shape index (κ1) is 14.5. The van der Waals surface area contributed by atoms with E-state index in [1.807, 2.05) is 12.3 Å². The Labute approximate surface area is 128 Å². The summed E-state index contributed by atoms with van der Waals surface area (Å²) < 4.78 is 27.7. The average Bonchev–Trinajstić information content (AvgIpc) is 3.19. The molecule has 0 spiro atoms. The zero-order chi connectivity index (χ0) is 14.9. The zero-order valence-corrected chi connectivity index (χ0v) is 13.3. The highest BCUT2D eigenvalue weighted by atomic mass is 32.2. The molecule has 0 unspecified atom stereocenters. The SMILES string of the molecule is Cc1csc(CNC2CC2)c1S(=O)(=O)Nc1ccccn1. The zero-order valence-electron chi connectivity index (χ0n) is 11.7. The Morgan fingerprint density at radius 2 is 2.19 bits per heavy atom. The molecule has 3 rings (SSSR count). The molecule has 7 heteroatoms. The van der Waals surface area contributed by atoms with Gasteiger partial charge in [-0.3, -0.25) is 4.72 Å². The van der Waals surface area contributed by atoms with E-state index in [1.165, 1.54) is 24.2 Å². The lowest BCUT2D eigenvalue weighted by Crippen LogP contribution is -2.19. The lowest BCUT2D eigenvalue weighted by molar-refractivity contribution is 0.598. The third-order valence-electron chi connectivity index (χ3n) is 3.29. The maximum absolute atomic E-state index is 12.6. The maximum Gasteiger partial charge on any atom is 0.264 e. The Morgan fingerprint density at radius 1 is 1.38 bits per heavy atom. The van der Waals surface area contributed by atoms with E-state index >= 15 is 0 Å². The van der Waals surface area contributed by atoms with Crippen LogP contribution in [-0.2, 0) is 16.6 Å². The van der Waals surface area contributed by atoms with Crippen molar-refractivity contribution in [2.24, 2.45) is 0 Å². The molecular formula is C14H17N3O2S2. The summed E-state index contributed by atoms with van der Waals surface area (Å²) in [5.74, 6) is 0.337. The number of anilines is 1. The number of pyridine rings is 1. The average molecular weight is 323 g/mol. The quantitative estimate of drug-likeness (QED) is 0.857. The number of nitrogens with one attached hydrogen (secondary N) is 2. The van der Waals surface area contributed by atoms with Crippen molar-refractivity contribution < 1.29 is 8.42 Å². The fourth-order valence-electron chi connectivity index (χ4n) is 2.11. The smallest absolute Gasteiger partial charge is 0.264 e.